The van der Waals surface area contributed by atoms with E-state index in [-0.39, 0.29) is 0 Å². The highest BCUT2D eigenvalue weighted by atomic mass is 16.3. The van der Waals surface area contributed by atoms with Crippen molar-refractivity contribution in [1.82, 2.24) is 4.90 Å². The van der Waals surface area contributed by atoms with Crippen LogP contribution in [0.15, 0.2) is 54.6 Å². The van der Waals surface area contributed by atoms with Gasteiger partial charge in [0.1, 0.15) is 0 Å². The molecule has 0 saturated carbocycles. The highest BCUT2D eigenvalue weighted by molar-refractivity contribution is 5.63. The van der Waals surface area contributed by atoms with E-state index in [1.54, 1.807) is 0 Å². The molecule has 0 aromatic heterocycles. The smallest absolute Gasteiger partial charge is 0.0906 e. The molecule has 1 atom stereocenters. The third-order valence-corrected chi connectivity index (χ3v) is 5.40. The zero-order valence-corrected chi connectivity index (χ0v) is 14.7. The van der Waals surface area contributed by atoms with Crippen molar-refractivity contribution >= 4 is 0 Å². The van der Waals surface area contributed by atoms with Gasteiger partial charge in [0.05, 0.1) is 5.60 Å². The molecule has 2 heteroatoms. The Morgan fingerprint density at radius 1 is 0.875 bits per heavy atom. The molecule has 24 heavy (non-hydrogen) atoms. The van der Waals surface area contributed by atoms with E-state index in [9.17, 15) is 5.11 Å². The zero-order valence-electron chi connectivity index (χ0n) is 14.7. The van der Waals surface area contributed by atoms with Crippen LogP contribution in [0.4, 0.5) is 0 Å². The molecule has 1 N–H and O–H groups in total. The van der Waals surface area contributed by atoms with E-state index >= 15 is 0 Å². The van der Waals surface area contributed by atoms with E-state index in [0.717, 1.165) is 24.9 Å². The van der Waals surface area contributed by atoms with Gasteiger partial charge in [-0.1, -0.05) is 67.9 Å². The quantitative estimate of drug-likeness (QED) is 0.823. The van der Waals surface area contributed by atoms with Crippen molar-refractivity contribution in [2.24, 2.45) is 0 Å². The molecule has 0 bridgehead atoms. The summed E-state index contributed by atoms with van der Waals surface area (Å²) in [5, 5.41) is 11.2. The van der Waals surface area contributed by atoms with Crippen LogP contribution in [0.1, 0.15) is 44.6 Å². The molecule has 128 valence electrons. The molecule has 1 aliphatic heterocycles. The average molecular weight is 323 g/mol. The molecule has 3 rings (SSSR count). The summed E-state index contributed by atoms with van der Waals surface area (Å²) in [4.78, 5) is 2.50. The van der Waals surface area contributed by atoms with Crippen molar-refractivity contribution in [1.29, 1.82) is 0 Å². The molecule has 2 nitrogen and oxygen atoms in total. The van der Waals surface area contributed by atoms with Crippen LogP contribution in [-0.2, 0) is 5.60 Å². The number of piperidine rings is 1. The Labute approximate surface area is 146 Å². The number of rotatable bonds is 6. The lowest BCUT2D eigenvalue weighted by Crippen LogP contribution is -2.36. The van der Waals surface area contributed by atoms with Gasteiger partial charge in [0.2, 0.25) is 0 Å². The predicted octanol–water partition coefficient (Wildman–Crippen LogP) is 4.83. The number of aliphatic hydroxyl groups is 1. The van der Waals surface area contributed by atoms with Crippen molar-refractivity contribution in [3.63, 3.8) is 0 Å². The minimum absolute atomic E-state index is 0.716. The number of hydrogen-bond acceptors (Lipinski definition) is 2. The third kappa shape index (κ3) is 4.06. The maximum absolute atomic E-state index is 11.2. The Bertz CT molecular complexity index is 616. The van der Waals surface area contributed by atoms with Gasteiger partial charge in [0.25, 0.3) is 0 Å². The number of benzene rings is 2. The van der Waals surface area contributed by atoms with Gasteiger partial charge in [0, 0.05) is 6.54 Å². The van der Waals surface area contributed by atoms with E-state index in [0.29, 0.717) is 0 Å². The summed E-state index contributed by atoms with van der Waals surface area (Å²) >= 11 is 0. The molecular weight excluding hydrogens is 294 g/mol. The highest BCUT2D eigenvalue weighted by Gasteiger charge is 2.28. The molecule has 1 fully saturated rings. The van der Waals surface area contributed by atoms with Gasteiger partial charge in [-0.05, 0) is 55.5 Å². The zero-order chi connectivity index (χ0) is 16.8. The second-order valence-electron chi connectivity index (χ2n) is 6.98. The van der Waals surface area contributed by atoms with Gasteiger partial charge >= 0.3 is 0 Å². The van der Waals surface area contributed by atoms with Crippen LogP contribution >= 0.6 is 0 Å². The van der Waals surface area contributed by atoms with Crippen LogP contribution in [0, 0.1) is 0 Å². The minimum Gasteiger partial charge on any atom is -0.385 e. The largest absolute Gasteiger partial charge is 0.385 e. The molecule has 0 radical (unpaired) electrons. The molecule has 0 amide bonds. The van der Waals surface area contributed by atoms with Crippen molar-refractivity contribution in [2.75, 3.05) is 19.6 Å². The standard InChI is InChI=1S/C22H29NO/c1-2-22(24,15-18-23-16-7-4-8-17-23)21-13-11-20(12-14-21)19-9-5-3-6-10-19/h3,5-6,9-14,24H,2,4,7-8,15-18H2,1H3. The molecule has 2 aromatic carbocycles. The lowest BCUT2D eigenvalue weighted by molar-refractivity contribution is 0.0116. The molecule has 1 unspecified atom stereocenters. The number of likely N-dealkylation sites (tertiary alicyclic amines) is 1. The van der Waals surface area contributed by atoms with Gasteiger partial charge in [-0.3, -0.25) is 0 Å². The molecular formula is C22H29NO. The van der Waals surface area contributed by atoms with Crippen LogP contribution in [0.2, 0.25) is 0 Å². The van der Waals surface area contributed by atoms with Gasteiger partial charge < -0.3 is 10.0 Å². The first-order chi connectivity index (χ1) is 11.7. The second-order valence-corrected chi connectivity index (χ2v) is 6.98. The Morgan fingerprint density at radius 3 is 2.12 bits per heavy atom. The SMILES string of the molecule is CCC(O)(CCN1CCCCC1)c1ccc(-c2ccccc2)cc1. The Morgan fingerprint density at radius 2 is 1.50 bits per heavy atom. The first-order valence-electron chi connectivity index (χ1n) is 9.32. The van der Waals surface area contributed by atoms with E-state index < -0.39 is 5.60 Å². The fraction of sp³-hybridized carbons (Fsp3) is 0.455. The minimum atomic E-state index is -0.716. The Kier molecular flexibility index (Phi) is 5.70. The summed E-state index contributed by atoms with van der Waals surface area (Å²) in [6.07, 6.45) is 5.53. The number of nitrogens with zero attached hydrogens (tertiary/aromatic N) is 1. The summed E-state index contributed by atoms with van der Waals surface area (Å²) in [7, 11) is 0. The summed E-state index contributed by atoms with van der Waals surface area (Å²) in [6.45, 7) is 5.45. The first-order valence-corrected chi connectivity index (χ1v) is 9.32. The maximum Gasteiger partial charge on any atom is 0.0906 e. The van der Waals surface area contributed by atoms with Crippen LogP contribution in [0.5, 0.6) is 0 Å². The molecule has 2 aromatic rings. The van der Waals surface area contributed by atoms with Gasteiger partial charge in [-0.25, -0.2) is 0 Å². The molecule has 1 saturated heterocycles. The van der Waals surface area contributed by atoms with Crippen molar-refractivity contribution in [2.45, 2.75) is 44.6 Å². The number of hydrogen-bond donors (Lipinski definition) is 1. The topological polar surface area (TPSA) is 23.5 Å². The Hall–Kier alpha value is -1.64. The van der Waals surface area contributed by atoms with Crippen LogP contribution < -0.4 is 0 Å². The first kappa shape index (κ1) is 17.2. The monoisotopic (exact) mass is 323 g/mol. The average Bonchev–Trinajstić information content (AvgIpc) is 2.68. The van der Waals surface area contributed by atoms with Crippen LogP contribution in [0.25, 0.3) is 11.1 Å². The fourth-order valence-corrected chi connectivity index (χ4v) is 3.65. The fourth-order valence-electron chi connectivity index (χ4n) is 3.65. The van der Waals surface area contributed by atoms with Crippen molar-refractivity contribution in [3.05, 3.63) is 60.2 Å². The second kappa shape index (κ2) is 7.96. The molecule has 0 aliphatic carbocycles. The van der Waals surface area contributed by atoms with Gasteiger partial charge in [0.15, 0.2) is 0 Å². The van der Waals surface area contributed by atoms with E-state index in [2.05, 4.69) is 60.4 Å². The molecule has 1 heterocycles. The van der Waals surface area contributed by atoms with Gasteiger partial charge in [-0.2, -0.15) is 0 Å². The van der Waals surface area contributed by atoms with Crippen LogP contribution in [-0.4, -0.2) is 29.6 Å². The van der Waals surface area contributed by atoms with Crippen molar-refractivity contribution < 1.29 is 5.11 Å². The molecule has 1 aliphatic rings. The van der Waals surface area contributed by atoms with E-state index in [1.165, 1.54) is 43.5 Å². The lowest BCUT2D eigenvalue weighted by Gasteiger charge is -2.33. The molecule has 0 spiro atoms. The lowest BCUT2D eigenvalue weighted by atomic mass is 9.86. The third-order valence-electron chi connectivity index (χ3n) is 5.40. The maximum atomic E-state index is 11.2. The predicted molar refractivity (Wildman–Crippen MR) is 101 cm³/mol. The van der Waals surface area contributed by atoms with E-state index in [4.69, 9.17) is 0 Å². The summed E-state index contributed by atoms with van der Waals surface area (Å²) in [6, 6.07) is 18.9. The Balaban J connectivity index is 1.69. The van der Waals surface area contributed by atoms with Crippen molar-refractivity contribution in [3.8, 4) is 11.1 Å². The highest BCUT2D eigenvalue weighted by Crippen LogP contribution is 2.31. The van der Waals surface area contributed by atoms with Gasteiger partial charge in [-0.15, -0.1) is 0 Å². The van der Waals surface area contributed by atoms with Crippen LogP contribution in [0.3, 0.4) is 0 Å². The normalized spacial score (nSPS) is 18.2. The summed E-state index contributed by atoms with van der Waals surface area (Å²) in [5.41, 5.74) is 2.75. The summed E-state index contributed by atoms with van der Waals surface area (Å²) in [5.74, 6) is 0. The van der Waals surface area contributed by atoms with E-state index in [1.807, 2.05) is 6.07 Å². The summed E-state index contributed by atoms with van der Waals surface area (Å²) < 4.78 is 0.